The van der Waals surface area contributed by atoms with E-state index in [9.17, 15) is 19.5 Å². The van der Waals surface area contributed by atoms with Gasteiger partial charge in [0.15, 0.2) is 0 Å². The zero-order valence-corrected chi connectivity index (χ0v) is 21.8. The summed E-state index contributed by atoms with van der Waals surface area (Å²) in [6.07, 6.45) is 3.22. The number of carbonyl (C=O) groups is 3. The summed E-state index contributed by atoms with van der Waals surface area (Å²) in [4.78, 5) is 36.9. The Labute approximate surface area is 217 Å². The first-order chi connectivity index (χ1) is 17.3. The molecule has 3 atom stereocenters. The van der Waals surface area contributed by atoms with Gasteiger partial charge in [0.1, 0.15) is 18.4 Å². The molecule has 0 bridgehead atoms. The Hall–Kier alpha value is -3.04. The fourth-order valence-electron chi connectivity index (χ4n) is 3.43. The molecule has 0 radical (unpaired) electrons. The molecule has 0 aliphatic rings. The van der Waals surface area contributed by atoms with Crippen LogP contribution in [0.2, 0.25) is 0 Å². The van der Waals surface area contributed by atoms with E-state index in [1.54, 1.807) is 18.7 Å². The van der Waals surface area contributed by atoms with Gasteiger partial charge in [0.25, 0.3) is 0 Å². The lowest BCUT2D eigenvalue weighted by molar-refractivity contribution is -0.130. The van der Waals surface area contributed by atoms with Crippen molar-refractivity contribution in [3.8, 4) is 5.75 Å². The fraction of sp³-hybridized carbons (Fsp3) is 0.444. The van der Waals surface area contributed by atoms with Crippen molar-refractivity contribution in [1.29, 1.82) is 0 Å². The second-order valence-electron chi connectivity index (χ2n) is 8.75. The van der Waals surface area contributed by atoms with Crippen LogP contribution in [0.5, 0.6) is 5.75 Å². The van der Waals surface area contributed by atoms with E-state index in [-0.39, 0.29) is 31.3 Å². The molecule has 0 saturated heterocycles. The van der Waals surface area contributed by atoms with Gasteiger partial charge in [-0.05, 0) is 48.1 Å². The van der Waals surface area contributed by atoms with Crippen LogP contribution in [0.15, 0.2) is 54.6 Å². The molecular weight excluding hydrogens is 478 g/mol. The predicted molar refractivity (Wildman–Crippen MR) is 142 cm³/mol. The second kappa shape index (κ2) is 15.9. The van der Waals surface area contributed by atoms with Gasteiger partial charge in [0, 0.05) is 18.8 Å². The molecular formula is C27H37N3O5S. The summed E-state index contributed by atoms with van der Waals surface area (Å²) < 4.78 is 5.83. The van der Waals surface area contributed by atoms with Crippen LogP contribution in [0.1, 0.15) is 37.3 Å². The summed E-state index contributed by atoms with van der Waals surface area (Å²) in [6, 6.07) is 16.0. The minimum atomic E-state index is -0.833. The van der Waals surface area contributed by atoms with E-state index < -0.39 is 23.9 Å². The molecule has 0 aliphatic heterocycles. The highest BCUT2D eigenvalue weighted by Crippen LogP contribution is 2.16. The third-order valence-electron chi connectivity index (χ3n) is 5.79. The van der Waals surface area contributed by atoms with Gasteiger partial charge in [0.05, 0.1) is 12.6 Å². The number of ether oxygens (including phenoxy) is 1. The lowest BCUT2D eigenvalue weighted by Crippen LogP contribution is -2.51. The Morgan fingerprint density at radius 3 is 2.31 bits per heavy atom. The maximum absolute atomic E-state index is 13.0. The van der Waals surface area contributed by atoms with E-state index in [0.717, 1.165) is 16.9 Å². The molecule has 2 rings (SSSR count). The van der Waals surface area contributed by atoms with E-state index in [2.05, 4.69) is 10.6 Å². The molecule has 0 saturated carbocycles. The fourth-order valence-corrected chi connectivity index (χ4v) is 3.96. The topological polar surface area (TPSA) is 131 Å². The van der Waals surface area contributed by atoms with Gasteiger partial charge in [-0.3, -0.25) is 14.4 Å². The molecule has 196 valence electrons. The van der Waals surface area contributed by atoms with Crippen molar-refractivity contribution in [1.82, 2.24) is 10.6 Å². The highest BCUT2D eigenvalue weighted by atomic mass is 32.2. The number of thioether (sulfide) groups is 1. The van der Waals surface area contributed by atoms with Crippen molar-refractivity contribution >= 4 is 29.5 Å². The molecule has 2 aromatic rings. The van der Waals surface area contributed by atoms with Crippen LogP contribution in [-0.2, 0) is 27.4 Å². The van der Waals surface area contributed by atoms with Gasteiger partial charge in [-0.25, -0.2) is 0 Å². The lowest BCUT2D eigenvalue weighted by atomic mass is 10.0. The molecule has 9 heteroatoms. The maximum atomic E-state index is 13.0. The highest BCUT2D eigenvalue weighted by Gasteiger charge is 2.24. The van der Waals surface area contributed by atoms with Gasteiger partial charge >= 0.3 is 0 Å². The predicted octanol–water partition coefficient (Wildman–Crippen LogP) is 2.42. The second-order valence-corrected chi connectivity index (χ2v) is 9.74. The summed E-state index contributed by atoms with van der Waals surface area (Å²) in [5.41, 5.74) is 7.19. The van der Waals surface area contributed by atoms with Crippen LogP contribution in [0.4, 0.5) is 0 Å². The standard InChI is InChI=1S/C27H37N3O5S/c1-19(26(28)33)8-13-25(32)30-24(27(34)29-22(17-31)14-15-36-2)16-20-9-11-23(12-10-20)35-18-21-6-4-3-5-7-21/h3-7,9-12,19,22,24,31H,8,13-18H2,1-2H3,(H2,28,33)(H,29,34)(H,30,32)/t19-,22+,24+/m1/s1. The van der Waals surface area contributed by atoms with Crippen LogP contribution in [-0.4, -0.2) is 53.5 Å². The Bertz CT molecular complexity index is 956. The van der Waals surface area contributed by atoms with Gasteiger partial charge in [-0.1, -0.05) is 49.4 Å². The lowest BCUT2D eigenvalue weighted by Gasteiger charge is -2.23. The molecule has 5 N–H and O–H groups in total. The normalized spacial score (nSPS) is 13.3. The van der Waals surface area contributed by atoms with Crippen LogP contribution < -0.4 is 21.1 Å². The number of nitrogens with two attached hydrogens (primary N) is 1. The average Bonchev–Trinajstić information content (AvgIpc) is 2.89. The SMILES string of the molecule is CSCC[C@@H](CO)NC(=O)[C@H](Cc1ccc(OCc2ccccc2)cc1)NC(=O)CC[C@@H](C)C(N)=O. The van der Waals surface area contributed by atoms with Crippen molar-refractivity contribution in [2.24, 2.45) is 11.7 Å². The summed E-state index contributed by atoms with van der Waals surface area (Å²) in [5, 5.41) is 15.3. The van der Waals surface area contributed by atoms with E-state index in [0.29, 0.717) is 25.2 Å². The molecule has 0 aliphatic carbocycles. The Balaban J connectivity index is 2.03. The van der Waals surface area contributed by atoms with Gasteiger partial charge in [-0.2, -0.15) is 11.8 Å². The Morgan fingerprint density at radius 1 is 1.00 bits per heavy atom. The number of nitrogens with one attached hydrogen (secondary N) is 2. The van der Waals surface area contributed by atoms with Crippen molar-refractivity contribution in [3.63, 3.8) is 0 Å². The van der Waals surface area contributed by atoms with Crippen molar-refractivity contribution in [3.05, 3.63) is 65.7 Å². The summed E-state index contributed by atoms with van der Waals surface area (Å²) in [6.45, 7) is 1.93. The zero-order chi connectivity index (χ0) is 26.3. The number of primary amides is 1. The minimum Gasteiger partial charge on any atom is -0.489 e. The zero-order valence-electron chi connectivity index (χ0n) is 20.9. The van der Waals surface area contributed by atoms with Gasteiger partial charge in [0.2, 0.25) is 17.7 Å². The number of aliphatic hydroxyl groups excluding tert-OH is 1. The molecule has 0 unspecified atom stereocenters. The van der Waals surface area contributed by atoms with Crippen LogP contribution >= 0.6 is 11.8 Å². The van der Waals surface area contributed by atoms with Crippen LogP contribution in [0.25, 0.3) is 0 Å². The summed E-state index contributed by atoms with van der Waals surface area (Å²) in [5.74, 6) is -0.113. The molecule has 2 aromatic carbocycles. The third-order valence-corrected chi connectivity index (χ3v) is 6.43. The smallest absolute Gasteiger partial charge is 0.243 e. The van der Waals surface area contributed by atoms with Gasteiger partial charge in [-0.15, -0.1) is 0 Å². The molecule has 3 amide bonds. The molecule has 8 nitrogen and oxygen atoms in total. The number of rotatable bonds is 16. The van der Waals surface area contributed by atoms with E-state index in [1.165, 1.54) is 0 Å². The summed E-state index contributed by atoms with van der Waals surface area (Å²) >= 11 is 1.63. The number of hydrogen-bond acceptors (Lipinski definition) is 6. The molecule has 0 spiro atoms. The van der Waals surface area contributed by atoms with Crippen molar-refractivity contribution in [2.75, 3.05) is 18.6 Å². The van der Waals surface area contributed by atoms with Crippen molar-refractivity contribution < 1.29 is 24.2 Å². The van der Waals surface area contributed by atoms with E-state index >= 15 is 0 Å². The van der Waals surface area contributed by atoms with E-state index in [4.69, 9.17) is 10.5 Å². The first kappa shape index (κ1) is 29.2. The minimum absolute atomic E-state index is 0.0794. The molecule has 0 fully saturated rings. The van der Waals surface area contributed by atoms with Crippen molar-refractivity contribution in [2.45, 2.75) is 51.3 Å². The first-order valence-corrected chi connectivity index (χ1v) is 13.5. The Kier molecular flexibility index (Phi) is 12.9. The number of benzene rings is 2. The van der Waals surface area contributed by atoms with Gasteiger partial charge < -0.3 is 26.2 Å². The number of aliphatic hydroxyl groups is 1. The number of carbonyl (C=O) groups excluding carboxylic acids is 3. The number of hydrogen-bond donors (Lipinski definition) is 4. The Morgan fingerprint density at radius 2 is 1.69 bits per heavy atom. The highest BCUT2D eigenvalue weighted by molar-refractivity contribution is 7.98. The molecule has 0 aromatic heterocycles. The summed E-state index contributed by atoms with van der Waals surface area (Å²) in [7, 11) is 0. The first-order valence-electron chi connectivity index (χ1n) is 12.1. The van der Waals surface area contributed by atoms with E-state index in [1.807, 2.05) is 60.9 Å². The van der Waals surface area contributed by atoms with Crippen LogP contribution in [0, 0.1) is 5.92 Å². The third kappa shape index (κ3) is 10.7. The monoisotopic (exact) mass is 515 g/mol. The molecule has 0 heterocycles. The van der Waals surface area contributed by atoms with Crippen LogP contribution in [0.3, 0.4) is 0 Å². The average molecular weight is 516 g/mol. The molecule has 36 heavy (non-hydrogen) atoms. The maximum Gasteiger partial charge on any atom is 0.243 e. The quantitative estimate of drug-likeness (QED) is 0.272. The number of amides is 3. The largest absolute Gasteiger partial charge is 0.489 e.